The molecule has 0 atom stereocenters. The minimum Gasteiger partial charge on any atom is -0.497 e. The Hall–Kier alpha value is -3.32. The maximum atomic E-state index is 5.78. The Morgan fingerprint density at radius 2 is 1.84 bits per heavy atom. The molecule has 0 spiro atoms. The van der Waals surface area contributed by atoms with Crippen molar-refractivity contribution in [2.45, 2.75) is 33.0 Å². The van der Waals surface area contributed by atoms with Crippen LogP contribution in [0.2, 0.25) is 0 Å². The number of aromatic nitrogens is 2. The molecule has 1 heterocycles. The van der Waals surface area contributed by atoms with Gasteiger partial charge in [0.1, 0.15) is 5.75 Å². The molecule has 0 bridgehead atoms. The number of hydrogen-bond acceptors (Lipinski definition) is 4. The van der Waals surface area contributed by atoms with Crippen molar-refractivity contribution < 1.29 is 9.47 Å². The van der Waals surface area contributed by atoms with Crippen LogP contribution < -0.4 is 15.4 Å². The third-order valence-corrected chi connectivity index (χ3v) is 4.95. The predicted molar refractivity (Wildman–Crippen MR) is 128 cm³/mol. The number of guanidine groups is 1. The second-order valence-electron chi connectivity index (χ2n) is 7.35. The summed E-state index contributed by atoms with van der Waals surface area (Å²) in [6.45, 7) is 6.32. The zero-order valence-electron chi connectivity index (χ0n) is 19.0. The third-order valence-electron chi connectivity index (χ3n) is 4.95. The van der Waals surface area contributed by atoms with Gasteiger partial charge in [-0.1, -0.05) is 36.4 Å². The van der Waals surface area contributed by atoms with Gasteiger partial charge >= 0.3 is 0 Å². The number of hydrogen-bond donors (Lipinski definition) is 2. The maximum absolute atomic E-state index is 5.78. The molecule has 3 aromatic rings. The van der Waals surface area contributed by atoms with Gasteiger partial charge in [0, 0.05) is 32.1 Å². The fraction of sp³-hybridized carbons (Fsp3) is 0.360. The summed E-state index contributed by atoms with van der Waals surface area (Å²) >= 11 is 0. The van der Waals surface area contributed by atoms with Crippen molar-refractivity contribution >= 4 is 5.96 Å². The molecule has 0 aliphatic rings. The highest BCUT2D eigenvalue weighted by molar-refractivity contribution is 5.79. The van der Waals surface area contributed by atoms with E-state index in [0.717, 1.165) is 43.3 Å². The molecule has 7 heteroatoms. The molecule has 2 aromatic carbocycles. The van der Waals surface area contributed by atoms with E-state index in [-0.39, 0.29) is 0 Å². The molecule has 1 aromatic heterocycles. The van der Waals surface area contributed by atoms with Gasteiger partial charge in [-0.25, -0.2) is 4.99 Å². The summed E-state index contributed by atoms with van der Waals surface area (Å²) in [6, 6.07) is 18.3. The average Bonchev–Trinajstić information content (AvgIpc) is 3.34. The van der Waals surface area contributed by atoms with Crippen molar-refractivity contribution in [3.05, 3.63) is 83.7 Å². The van der Waals surface area contributed by atoms with Gasteiger partial charge in [0.2, 0.25) is 0 Å². The van der Waals surface area contributed by atoms with E-state index in [2.05, 4.69) is 46.9 Å². The first-order valence-electron chi connectivity index (χ1n) is 11.1. The molecule has 2 N–H and O–H groups in total. The Bertz CT molecular complexity index is 939. The van der Waals surface area contributed by atoms with Crippen LogP contribution in [0, 0.1) is 0 Å². The Balaban J connectivity index is 1.43. The van der Waals surface area contributed by atoms with Crippen molar-refractivity contribution in [2.24, 2.45) is 4.99 Å². The minimum atomic E-state index is 0.602. The summed E-state index contributed by atoms with van der Waals surface area (Å²) in [6.07, 6.45) is 4.67. The predicted octanol–water partition coefficient (Wildman–Crippen LogP) is 3.60. The highest BCUT2D eigenvalue weighted by Gasteiger charge is 2.04. The molecule has 0 radical (unpaired) electrons. The van der Waals surface area contributed by atoms with Gasteiger partial charge in [-0.05, 0) is 48.2 Å². The molecule has 7 nitrogen and oxygen atoms in total. The molecular formula is C25H33N5O2. The second kappa shape index (κ2) is 13.2. The van der Waals surface area contributed by atoms with Crippen LogP contribution in [0.4, 0.5) is 0 Å². The molecule has 170 valence electrons. The van der Waals surface area contributed by atoms with Crippen LogP contribution >= 0.6 is 0 Å². The lowest BCUT2D eigenvalue weighted by atomic mass is 10.1. The van der Waals surface area contributed by atoms with E-state index in [1.54, 1.807) is 13.3 Å². The monoisotopic (exact) mass is 435 g/mol. The fourth-order valence-corrected chi connectivity index (χ4v) is 3.23. The van der Waals surface area contributed by atoms with Crippen molar-refractivity contribution in [3.63, 3.8) is 0 Å². The van der Waals surface area contributed by atoms with Crippen LogP contribution in [0.3, 0.4) is 0 Å². The molecule has 0 unspecified atom stereocenters. The third kappa shape index (κ3) is 7.74. The van der Waals surface area contributed by atoms with Gasteiger partial charge in [-0.3, -0.25) is 4.68 Å². The number of rotatable bonds is 12. The lowest BCUT2D eigenvalue weighted by molar-refractivity contribution is 0.119. The van der Waals surface area contributed by atoms with Crippen molar-refractivity contribution in [2.75, 3.05) is 26.8 Å². The first-order chi connectivity index (χ1) is 15.8. The van der Waals surface area contributed by atoms with Gasteiger partial charge < -0.3 is 20.1 Å². The summed E-state index contributed by atoms with van der Waals surface area (Å²) in [4.78, 5) is 4.77. The molecule has 0 fully saturated rings. The summed E-state index contributed by atoms with van der Waals surface area (Å²) in [5.41, 5.74) is 3.56. The van der Waals surface area contributed by atoms with E-state index in [9.17, 15) is 0 Å². The quantitative estimate of drug-likeness (QED) is 0.258. The SMILES string of the molecule is CCNC(=NCc1ccccc1Cn1cccn1)NCCCOCc1ccc(OC)cc1. The number of methoxy groups -OCH3 is 1. The Kier molecular flexibility index (Phi) is 9.61. The molecule has 3 rings (SSSR count). The Morgan fingerprint density at radius 1 is 1.03 bits per heavy atom. The van der Waals surface area contributed by atoms with Gasteiger partial charge in [0.25, 0.3) is 0 Å². The number of aliphatic imine (C=N–C) groups is 1. The van der Waals surface area contributed by atoms with E-state index in [1.807, 2.05) is 41.2 Å². The van der Waals surface area contributed by atoms with Crippen molar-refractivity contribution in [1.29, 1.82) is 0 Å². The fourth-order valence-electron chi connectivity index (χ4n) is 3.23. The molecule has 0 saturated heterocycles. The smallest absolute Gasteiger partial charge is 0.191 e. The first-order valence-corrected chi connectivity index (χ1v) is 11.1. The average molecular weight is 436 g/mol. The summed E-state index contributed by atoms with van der Waals surface area (Å²) in [5, 5.41) is 11.0. The van der Waals surface area contributed by atoms with Crippen LogP contribution in [-0.2, 0) is 24.4 Å². The second-order valence-corrected chi connectivity index (χ2v) is 7.35. The zero-order valence-corrected chi connectivity index (χ0v) is 19.0. The highest BCUT2D eigenvalue weighted by atomic mass is 16.5. The summed E-state index contributed by atoms with van der Waals surface area (Å²) in [5.74, 6) is 1.67. The number of ether oxygens (including phenoxy) is 2. The van der Waals surface area contributed by atoms with Gasteiger partial charge in [0.15, 0.2) is 5.96 Å². The Labute approximate surface area is 190 Å². The molecule has 0 saturated carbocycles. The Morgan fingerprint density at radius 3 is 2.56 bits per heavy atom. The largest absolute Gasteiger partial charge is 0.497 e. The van der Waals surface area contributed by atoms with Crippen molar-refractivity contribution in [1.82, 2.24) is 20.4 Å². The zero-order chi connectivity index (χ0) is 22.4. The summed E-state index contributed by atoms with van der Waals surface area (Å²) < 4.78 is 12.9. The van der Waals surface area contributed by atoms with Gasteiger partial charge in [-0.15, -0.1) is 0 Å². The normalized spacial score (nSPS) is 11.4. The molecule has 0 amide bonds. The van der Waals surface area contributed by atoms with Gasteiger partial charge in [0.05, 0.1) is 26.8 Å². The van der Waals surface area contributed by atoms with Crippen molar-refractivity contribution in [3.8, 4) is 5.75 Å². The van der Waals surface area contributed by atoms with E-state index in [0.29, 0.717) is 19.8 Å². The summed E-state index contributed by atoms with van der Waals surface area (Å²) in [7, 11) is 1.67. The van der Waals surface area contributed by atoms with E-state index in [4.69, 9.17) is 14.5 Å². The van der Waals surface area contributed by atoms with Crippen LogP contribution in [0.25, 0.3) is 0 Å². The van der Waals surface area contributed by atoms with Crippen LogP contribution in [0.15, 0.2) is 72.0 Å². The van der Waals surface area contributed by atoms with Gasteiger partial charge in [-0.2, -0.15) is 5.10 Å². The topological polar surface area (TPSA) is 72.7 Å². The molecule has 0 aliphatic heterocycles. The lowest BCUT2D eigenvalue weighted by Gasteiger charge is -2.13. The molecular weight excluding hydrogens is 402 g/mol. The molecule has 32 heavy (non-hydrogen) atoms. The van der Waals surface area contributed by atoms with E-state index < -0.39 is 0 Å². The van der Waals surface area contributed by atoms with Crippen LogP contribution in [0.5, 0.6) is 5.75 Å². The number of nitrogens with zero attached hydrogens (tertiary/aromatic N) is 3. The molecule has 0 aliphatic carbocycles. The highest BCUT2D eigenvalue weighted by Crippen LogP contribution is 2.13. The standard InChI is InChI=1S/C25H33N5O2/c1-3-26-25(27-14-7-17-32-20-21-10-12-24(31-2)13-11-21)28-18-22-8-4-5-9-23(22)19-30-16-6-15-29-30/h4-6,8-13,15-16H,3,7,14,17-20H2,1-2H3,(H2,26,27,28). The first kappa shape index (κ1) is 23.3. The van der Waals surface area contributed by atoms with Crippen LogP contribution in [-0.4, -0.2) is 42.5 Å². The number of nitrogens with one attached hydrogen (secondary N) is 2. The van der Waals surface area contributed by atoms with Crippen LogP contribution in [0.1, 0.15) is 30.0 Å². The lowest BCUT2D eigenvalue weighted by Crippen LogP contribution is -2.38. The minimum absolute atomic E-state index is 0.602. The number of benzene rings is 2. The maximum Gasteiger partial charge on any atom is 0.191 e. The van der Waals surface area contributed by atoms with E-state index >= 15 is 0 Å². The van der Waals surface area contributed by atoms with E-state index in [1.165, 1.54) is 11.1 Å².